The first-order chi connectivity index (χ1) is 16.8. The monoisotopic (exact) mass is 526 g/mol. The van der Waals surface area contributed by atoms with Gasteiger partial charge in [-0.25, -0.2) is 4.98 Å². The van der Waals surface area contributed by atoms with Crippen molar-refractivity contribution in [3.63, 3.8) is 0 Å². The number of aryl methyl sites for hydroxylation is 1. The number of carboxylic acid groups (broad SMARTS) is 1. The van der Waals surface area contributed by atoms with E-state index in [-0.39, 0.29) is 23.6 Å². The molecule has 2 heterocycles. The molecule has 1 amide bonds. The first-order valence-electron chi connectivity index (χ1n) is 10.8. The zero-order valence-electron chi connectivity index (χ0n) is 18.9. The van der Waals surface area contributed by atoms with E-state index in [0.717, 1.165) is 11.1 Å². The maximum absolute atomic E-state index is 13.3. The van der Waals surface area contributed by atoms with Crippen LogP contribution in [0.2, 0.25) is 5.02 Å². The molecule has 35 heavy (non-hydrogen) atoms. The number of nitrogens with zero attached hydrogens (tertiary/aromatic N) is 2. The number of aromatic carboxylic acids is 1. The van der Waals surface area contributed by atoms with E-state index in [1.54, 1.807) is 35.7 Å². The number of nitrogens with one attached hydrogen (secondary N) is 1. The number of rotatable bonds is 8. The number of fused-ring (bicyclic) bond motifs is 1. The van der Waals surface area contributed by atoms with Crippen LogP contribution in [0, 0.1) is 6.92 Å². The average Bonchev–Trinajstić information content (AvgIpc) is 3.31. The lowest BCUT2D eigenvalue weighted by atomic mass is 10.1. The minimum atomic E-state index is -1.27. The predicted octanol–water partition coefficient (Wildman–Crippen LogP) is 4.34. The third kappa shape index (κ3) is 5.58. The summed E-state index contributed by atoms with van der Waals surface area (Å²) in [6.07, 6.45) is 0.508. The van der Waals surface area contributed by atoms with E-state index in [1.165, 1.54) is 39.8 Å². The summed E-state index contributed by atoms with van der Waals surface area (Å²) in [7, 11) is 0. The quantitative estimate of drug-likeness (QED) is 0.270. The fourth-order valence-electron chi connectivity index (χ4n) is 3.47. The number of carboxylic acids is 1. The number of thioether (sulfide) groups is 1. The first kappa shape index (κ1) is 25.0. The molecule has 0 aliphatic heterocycles. The van der Waals surface area contributed by atoms with E-state index in [9.17, 15) is 19.5 Å². The lowest BCUT2D eigenvalue weighted by Gasteiger charge is -2.18. The number of anilines is 1. The van der Waals surface area contributed by atoms with E-state index < -0.39 is 11.2 Å². The van der Waals surface area contributed by atoms with Gasteiger partial charge in [-0.2, -0.15) is 0 Å². The summed E-state index contributed by atoms with van der Waals surface area (Å²) < 4.78 is 2.05. The van der Waals surface area contributed by atoms with Gasteiger partial charge in [0.05, 0.1) is 23.3 Å². The number of hydrogen-bond acceptors (Lipinski definition) is 7. The highest BCUT2D eigenvalue weighted by Crippen LogP contribution is 2.28. The third-order valence-corrected chi connectivity index (χ3v) is 7.91. The molecule has 1 N–H and O–H groups in total. The van der Waals surface area contributed by atoms with Crippen molar-refractivity contribution >= 4 is 62.5 Å². The van der Waals surface area contributed by atoms with Crippen LogP contribution in [0.15, 0.2) is 63.9 Å². The lowest BCUT2D eigenvalue weighted by Crippen LogP contribution is -2.28. The lowest BCUT2D eigenvalue weighted by molar-refractivity contribution is -0.255. The Morgan fingerprint density at radius 1 is 1.20 bits per heavy atom. The van der Waals surface area contributed by atoms with Gasteiger partial charge in [-0.05, 0) is 53.6 Å². The molecule has 1 unspecified atom stereocenters. The zero-order chi connectivity index (χ0) is 25.1. The Kier molecular flexibility index (Phi) is 7.59. The third-order valence-electron chi connectivity index (χ3n) is 5.43. The molecular weight excluding hydrogens is 506 g/mol. The Morgan fingerprint density at radius 2 is 1.94 bits per heavy atom. The molecule has 0 spiro atoms. The van der Waals surface area contributed by atoms with Crippen molar-refractivity contribution < 1.29 is 14.7 Å². The van der Waals surface area contributed by atoms with Crippen LogP contribution >= 0.6 is 34.7 Å². The van der Waals surface area contributed by atoms with Crippen molar-refractivity contribution in [1.82, 2.24) is 9.55 Å². The molecule has 0 saturated carbocycles. The zero-order valence-corrected chi connectivity index (χ0v) is 21.3. The van der Waals surface area contributed by atoms with E-state index in [1.807, 2.05) is 19.9 Å². The fraction of sp³-hybridized carbons (Fsp3) is 0.200. The molecule has 0 radical (unpaired) electrons. The topological polar surface area (TPSA) is 104 Å². The normalized spacial score (nSPS) is 12.0. The van der Waals surface area contributed by atoms with Crippen LogP contribution in [-0.2, 0) is 11.3 Å². The molecular formula is C25H21ClN3O4S2-. The molecule has 2 aromatic heterocycles. The first-order valence-corrected chi connectivity index (χ1v) is 12.9. The molecule has 0 aliphatic rings. The SMILES string of the molecule is CCC(Sc1nc2ccsc2c(=O)n1Cc1ccc(C(=O)[O-])cc1)C(=O)Nc1cc(Cl)ccc1C. The molecule has 4 rings (SSSR count). The maximum atomic E-state index is 13.3. The van der Waals surface area contributed by atoms with Crippen LogP contribution in [0.25, 0.3) is 10.2 Å². The number of aromatic nitrogens is 2. The molecule has 4 aromatic rings. The van der Waals surface area contributed by atoms with Gasteiger partial charge < -0.3 is 15.2 Å². The Hall–Kier alpha value is -3.14. The summed E-state index contributed by atoms with van der Waals surface area (Å²) in [5.41, 5.74) is 2.67. The summed E-state index contributed by atoms with van der Waals surface area (Å²) in [5.74, 6) is -1.48. The van der Waals surface area contributed by atoms with E-state index in [2.05, 4.69) is 10.3 Å². The van der Waals surface area contributed by atoms with Gasteiger partial charge in [-0.3, -0.25) is 14.2 Å². The maximum Gasteiger partial charge on any atom is 0.272 e. The van der Waals surface area contributed by atoms with Crippen LogP contribution < -0.4 is 16.0 Å². The van der Waals surface area contributed by atoms with Crippen LogP contribution in [-0.4, -0.2) is 26.7 Å². The summed E-state index contributed by atoms with van der Waals surface area (Å²) in [5, 5.41) is 16.2. The van der Waals surface area contributed by atoms with Crippen LogP contribution in [0.3, 0.4) is 0 Å². The molecule has 0 fully saturated rings. The smallest absolute Gasteiger partial charge is 0.272 e. The number of hydrogen-bond donors (Lipinski definition) is 1. The Morgan fingerprint density at radius 3 is 2.63 bits per heavy atom. The molecule has 0 saturated heterocycles. The minimum Gasteiger partial charge on any atom is -0.545 e. The number of carbonyl (C=O) groups excluding carboxylic acids is 2. The largest absolute Gasteiger partial charge is 0.545 e. The fourth-order valence-corrected chi connectivity index (χ4v) is 5.44. The van der Waals surface area contributed by atoms with Crippen molar-refractivity contribution in [3.8, 4) is 0 Å². The van der Waals surface area contributed by atoms with Crippen molar-refractivity contribution in [3.05, 3.63) is 86.0 Å². The van der Waals surface area contributed by atoms with Crippen LogP contribution in [0.1, 0.15) is 34.8 Å². The highest BCUT2D eigenvalue weighted by molar-refractivity contribution is 8.00. The second-order valence-corrected chi connectivity index (χ2v) is 10.4. The minimum absolute atomic E-state index is 0.0570. The van der Waals surface area contributed by atoms with Crippen LogP contribution in [0.4, 0.5) is 5.69 Å². The van der Waals surface area contributed by atoms with Gasteiger partial charge in [0.15, 0.2) is 5.16 Å². The molecule has 1 atom stereocenters. The molecule has 7 nitrogen and oxygen atoms in total. The molecule has 10 heteroatoms. The van der Waals surface area contributed by atoms with Crippen molar-refractivity contribution in [2.45, 2.75) is 37.2 Å². The number of benzene rings is 2. The standard InChI is InChI=1S/C25H22ClN3O4S2/c1-3-20(22(30)27-19-12-17(26)9-4-14(19)2)35-25-28-18-10-11-34-21(18)23(31)29(25)13-15-5-7-16(8-6-15)24(32)33/h4-12,20H,3,13H2,1-2H3,(H,27,30)(H,32,33)/p-1. The van der Waals surface area contributed by atoms with Crippen molar-refractivity contribution in [2.24, 2.45) is 0 Å². The van der Waals surface area contributed by atoms with Gasteiger partial charge in [0, 0.05) is 10.7 Å². The van der Waals surface area contributed by atoms with Gasteiger partial charge >= 0.3 is 0 Å². The number of thiophene rings is 1. The highest BCUT2D eigenvalue weighted by atomic mass is 35.5. The Labute approximate surface area is 214 Å². The van der Waals surface area contributed by atoms with Gasteiger partial charge in [0.2, 0.25) is 5.91 Å². The molecule has 0 aliphatic carbocycles. The van der Waals surface area contributed by atoms with Gasteiger partial charge in [0.25, 0.3) is 5.56 Å². The Bertz CT molecular complexity index is 1460. The Balaban J connectivity index is 1.66. The average molecular weight is 527 g/mol. The summed E-state index contributed by atoms with van der Waals surface area (Å²) >= 11 is 8.62. The summed E-state index contributed by atoms with van der Waals surface area (Å²) in [6.45, 7) is 3.96. The van der Waals surface area contributed by atoms with Crippen molar-refractivity contribution in [1.29, 1.82) is 0 Å². The van der Waals surface area contributed by atoms with E-state index in [0.29, 0.717) is 32.5 Å². The van der Waals surface area contributed by atoms with E-state index in [4.69, 9.17) is 11.6 Å². The molecule has 0 bridgehead atoms. The molecule has 180 valence electrons. The number of amides is 1. The van der Waals surface area contributed by atoms with Crippen LogP contribution in [0.5, 0.6) is 0 Å². The number of halogens is 1. The predicted molar refractivity (Wildman–Crippen MR) is 139 cm³/mol. The van der Waals surface area contributed by atoms with E-state index >= 15 is 0 Å². The van der Waals surface area contributed by atoms with Crippen molar-refractivity contribution in [2.75, 3.05) is 5.32 Å². The second kappa shape index (κ2) is 10.6. The summed E-state index contributed by atoms with van der Waals surface area (Å²) in [4.78, 5) is 42.2. The number of carbonyl (C=O) groups is 2. The second-order valence-electron chi connectivity index (χ2n) is 7.87. The van der Waals surface area contributed by atoms with Gasteiger partial charge in [0.1, 0.15) is 4.70 Å². The highest BCUT2D eigenvalue weighted by Gasteiger charge is 2.23. The molecule has 2 aromatic carbocycles. The van der Waals surface area contributed by atoms with Gasteiger partial charge in [-0.1, -0.05) is 60.6 Å². The van der Waals surface area contributed by atoms with Gasteiger partial charge in [-0.15, -0.1) is 11.3 Å². The summed E-state index contributed by atoms with van der Waals surface area (Å²) in [6, 6.07) is 13.2.